The smallest absolute Gasteiger partial charge is 0.337 e. The number of allylic oxidation sites excluding steroid dienone is 1. The van der Waals surface area contributed by atoms with E-state index in [4.69, 9.17) is 14.9 Å². The molecule has 25 heavy (non-hydrogen) atoms. The van der Waals surface area contributed by atoms with E-state index in [2.05, 4.69) is 4.98 Å². The first-order valence-corrected chi connectivity index (χ1v) is 7.97. The molecule has 7 nitrogen and oxygen atoms in total. The summed E-state index contributed by atoms with van der Waals surface area (Å²) in [5.41, 5.74) is 6.90. The number of aromatic nitrogens is 1. The van der Waals surface area contributed by atoms with Crippen molar-refractivity contribution < 1.29 is 18.7 Å². The molecular weight excluding hydrogens is 322 g/mol. The Morgan fingerprint density at radius 2 is 2.12 bits per heavy atom. The van der Waals surface area contributed by atoms with E-state index >= 15 is 0 Å². The quantitative estimate of drug-likeness (QED) is 0.838. The van der Waals surface area contributed by atoms with Crippen molar-refractivity contribution in [3.05, 3.63) is 46.8 Å². The molecule has 0 saturated heterocycles. The van der Waals surface area contributed by atoms with Gasteiger partial charge in [-0.2, -0.15) is 4.98 Å². The van der Waals surface area contributed by atoms with Gasteiger partial charge < -0.3 is 19.8 Å². The fourth-order valence-corrected chi connectivity index (χ4v) is 3.83. The molecule has 4 rings (SSSR count). The maximum Gasteiger partial charge on any atom is 0.337 e. The maximum atomic E-state index is 13.3. The van der Waals surface area contributed by atoms with Crippen molar-refractivity contribution in [3.63, 3.8) is 0 Å². The first-order valence-electron chi connectivity index (χ1n) is 7.97. The molecule has 1 aliphatic carbocycles. The summed E-state index contributed by atoms with van der Waals surface area (Å²) >= 11 is 0. The van der Waals surface area contributed by atoms with Crippen molar-refractivity contribution in [2.75, 3.05) is 19.4 Å². The van der Waals surface area contributed by atoms with Gasteiger partial charge in [0.15, 0.2) is 11.2 Å². The number of nitrogens with two attached hydrogens (primary N) is 1. The van der Waals surface area contributed by atoms with Crippen LogP contribution in [0.1, 0.15) is 25.1 Å². The van der Waals surface area contributed by atoms with Crippen LogP contribution in [0.3, 0.4) is 0 Å². The van der Waals surface area contributed by atoms with Crippen molar-refractivity contribution in [1.82, 2.24) is 9.88 Å². The van der Waals surface area contributed by atoms with Crippen LogP contribution in [0, 0.1) is 0 Å². The Labute approximate surface area is 144 Å². The summed E-state index contributed by atoms with van der Waals surface area (Å²) in [6, 6.07) is 7.26. The number of nitrogen functional groups attached to an aromatic ring is 1. The molecule has 2 N–H and O–H groups in total. The standard InChI is InChI=1S/C18H17N3O4/c1-4-24-15(22)12-9(2)21(3)16(23)18(12)11-8-6-5-7-10(11)13-14(18)20-17(19)25-13/h5-8H,4H2,1-3H3,(H2,19,20). The highest BCUT2D eigenvalue weighted by Crippen LogP contribution is 2.57. The van der Waals surface area contributed by atoms with Gasteiger partial charge in [-0.1, -0.05) is 24.3 Å². The number of carbonyl (C=O) groups is 2. The minimum Gasteiger partial charge on any atom is -0.463 e. The van der Waals surface area contributed by atoms with Crippen molar-refractivity contribution >= 4 is 17.9 Å². The van der Waals surface area contributed by atoms with Crippen molar-refractivity contribution in [3.8, 4) is 11.3 Å². The fourth-order valence-electron chi connectivity index (χ4n) is 3.83. The van der Waals surface area contributed by atoms with Crippen LogP contribution < -0.4 is 5.73 Å². The average molecular weight is 339 g/mol. The number of benzene rings is 1. The zero-order valence-corrected chi connectivity index (χ0v) is 14.1. The van der Waals surface area contributed by atoms with E-state index in [9.17, 15) is 9.59 Å². The van der Waals surface area contributed by atoms with Crippen LogP contribution in [0.2, 0.25) is 0 Å². The lowest BCUT2D eigenvalue weighted by Gasteiger charge is -2.25. The van der Waals surface area contributed by atoms with Crippen LogP contribution in [-0.2, 0) is 19.7 Å². The third-order valence-electron chi connectivity index (χ3n) is 4.92. The second-order valence-electron chi connectivity index (χ2n) is 6.07. The van der Waals surface area contributed by atoms with Gasteiger partial charge in [0.05, 0.1) is 12.2 Å². The molecule has 1 atom stereocenters. The Morgan fingerprint density at radius 1 is 1.40 bits per heavy atom. The number of fused-ring (bicyclic) bond motifs is 5. The summed E-state index contributed by atoms with van der Waals surface area (Å²) in [7, 11) is 1.63. The Hall–Kier alpha value is -3.09. The molecule has 1 aromatic heterocycles. The lowest BCUT2D eigenvalue weighted by atomic mass is 9.74. The number of carbonyl (C=O) groups excluding carboxylic acids is 2. The van der Waals surface area contributed by atoms with E-state index in [-0.39, 0.29) is 24.1 Å². The second-order valence-corrected chi connectivity index (χ2v) is 6.07. The third kappa shape index (κ3) is 1.67. The number of hydrogen-bond acceptors (Lipinski definition) is 6. The van der Waals surface area contributed by atoms with E-state index in [1.165, 1.54) is 4.90 Å². The Kier molecular flexibility index (Phi) is 3.06. The number of hydrogen-bond donors (Lipinski definition) is 1. The van der Waals surface area contributed by atoms with Crippen molar-refractivity contribution in [1.29, 1.82) is 0 Å². The number of rotatable bonds is 2. The second kappa shape index (κ2) is 4.95. The zero-order valence-electron chi connectivity index (χ0n) is 14.1. The molecule has 7 heteroatoms. The molecule has 128 valence electrons. The number of ether oxygens (including phenoxy) is 1. The summed E-state index contributed by atoms with van der Waals surface area (Å²) in [5.74, 6) is -0.388. The monoisotopic (exact) mass is 339 g/mol. The molecule has 0 bridgehead atoms. The van der Waals surface area contributed by atoms with Gasteiger partial charge in [-0.3, -0.25) is 4.79 Å². The van der Waals surface area contributed by atoms with Crippen molar-refractivity contribution in [2.24, 2.45) is 0 Å². The topological polar surface area (TPSA) is 98.7 Å². The SMILES string of the molecule is CCOC(=O)C1=C(C)N(C)C(=O)C12c1ccccc1-c1oc(N)nc12. The third-order valence-corrected chi connectivity index (χ3v) is 4.92. The lowest BCUT2D eigenvalue weighted by Crippen LogP contribution is -2.41. The van der Waals surface area contributed by atoms with Crippen LogP contribution in [0.25, 0.3) is 11.3 Å². The molecule has 2 aliphatic rings. The summed E-state index contributed by atoms with van der Waals surface area (Å²) in [5, 5.41) is 0. The number of esters is 1. The van der Waals surface area contributed by atoms with Crippen LogP contribution >= 0.6 is 0 Å². The predicted octanol–water partition coefficient (Wildman–Crippen LogP) is 1.83. The van der Waals surface area contributed by atoms with Gasteiger partial charge in [0, 0.05) is 18.3 Å². The van der Waals surface area contributed by atoms with Gasteiger partial charge in [0.2, 0.25) is 5.91 Å². The zero-order chi connectivity index (χ0) is 17.9. The van der Waals surface area contributed by atoms with Gasteiger partial charge in [0.1, 0.15) is 5.69 Å². The van der Waals surface area contributed by atoms with E-state index in [0.717, 1.165) is 0 Å². The fraction of sp³-hybridized carbons (Fsp3) is 0.278. The number of amides is 1. The van der Waals surface area contributed by atoms with E-state index in [1.54, 1.807) is 20.9 Å². The molecule has 1 unspecified atom stereocenters. The Balaban J connectivity index is 2.11. The molecule has 2 heterocycles. The molecule has 2 aromatic rings. The molecule has 1 aliphatic heterocycles. The van der Waals surface area contributed by atoms with Crippen molar-refractivity contribution in [2.45, 2.75) is 19.3 Å². The number of oxazole rings is 1. The van der Waals surface area contributed by atoms with Gasteiger partial charge >= 0.3 is 5.97 Å². The lowest BCUT2D eigenvalue weighted by molar-refractivity contribution is -0.140. The summed E-state index contributed by atoms with van der Waals surface area (Å²) in [6.45, 7) is 3.66. The number of likely N-dealkylation sites (N-methyl/N-ethyl adjacent to an activating group) is 1. The van der Waals surface area contributed by atoms with Crippen LogP contribution in [0.4, 0.5) is 6.01 Å². The van der Waals surface area contributed by atoms with Gasteiger partial charge in [0.25, 0.3) is 6.01 Å². The van der Waals surface area contributed by atoms with E-state index in [0.29, 0.717) is 28.3 Å². The summed E-state index contributed by atoms with van der Waals surface area (Å²) in [6.07, 6.45) is 0. The Morgan fingerprint density at radius 3 is 2.84 bits per heavy atom. The minimum absolute atomic E-state index is 0.0397. The summed E-state index contributed by atoms with van der Waals surface area (Å²) < 4.78 is 10.8. The average Bonchev–Trinajstić information content (AvgIpc) is 3.15. The first-order chi connectivity index (χ1) is 11.9. The highest BCUT2D eigenvalue weighted by molar-refractivity contribution is 6.14. The molecule has 1 aromatic carbocycles. The molecule has 1 amide bonds. The normalized spacial score (nSPS) is 21.1. The first kappa shape index (κ1) is 15.4. The maximum absolute atomic E-state index is 13.3. The molecule has 1 spiro atoms. The van der Waals surface area contributed by atoms with E-state index < -0.39 is 11.4 Å². The molecule has 0 radical (unpaired) electrons. The van der Waals surface area contributed by atoms with Crippen LogP contribution in [-0.4, -0.2) is 35.4 Å². The number of nitrogens with zero attached hydrogens (tertiary/aromatic N) is 2. The Bertz CT molecular complexity index is 959. The van der Waals surface area contributed by atoms with Gasteiger partial charge in [-0.25, -0.2) is 4.79 Å². The highest BCUT2D eigenvalue weighted by Gasteiger charge is 2.63. The summed E-state index contributed by atoms with van der Waals surface area (Å²) in [4.78, 5) is 31.9. The largest absolute Gasteiger partial charge is 0.463 e. The molecule has 0 fully saturated rings. The molecule has 0 saturated carbocycles. The molecular formula is C18H17N3O4. The predicted molar refractivity (Wildman–Crippen MR) is 89.2 cm³/mol. The van der Waals surface area contributed by atoms with E-state index in [1.807, 2.05) is 24.3 Å². The highest BCUT2D eigenvalue weighted by atomic mass is 16.5. The van der Waals surface area contributed by atoms with Gasteiger partial charge in [-0.05, 0) is 19.4 Å². The van der Waals surface area contributed by atoms with Crippen LogP contribution in [0.5, 0.6) is 0 Å². The van der Waals surface area contributed by atoms with Crippen LogP contribution in [0.15, 0.2) is 40.0 Å². The van der Waals surface area contributed by atoms with Gasteiger partial charge in [-0.15, -0.1) is 0 Å². The number of anilines is 1. The minimum atomic E-state index is -1.38.